The standard InChI is InChI=1S/C14H13BN2O4/c1-10(12-5-3-11(7-16)4-6-12)15-20-13(18)8-17(2)9-14(19)21-15/h3-6H,1,8-9H2,2H3. The van der Waals surface area contributed by atoms with E-state index in [9.17, 15) is 9.59 Å². The van der Waals surface area contributed by atoms with Crippen molar-refractivity contribution in [1.29, 1.82) is 5.26 Å². The minimum absolute atomic E-state index is 0.00620. The summed E-state index contributed by atoms with van der Waals surface area (Å²) >= 11 is 0. The maximum atomic E-state index is 11.7. The molecule has 0 unspecified atom stereocenters. The summed E-state index contributed by atoms with van der Waals surface area (Å²) in [6.07, 6.45) is 0. The maximum Gasteiger partial charge on any atom is 0.636 e. The first-order valence-electron chi connectivity index (χ1n) is 6.26. The van der Waals surface area contributed by atoms with Gasteiger partial charge in [-0.1, -0.05) is 18.7 Å². The second kappa shape index (κ2) is 6.24. The normalized spacial score (nSPS) is 16.3. The van der Waals surface area contributed by atoms with Gasteiger partial charge in [0.15, 0.2) is 0 Å². The zero-order chi connectivity index (χ0) is 15.4. The fourth-order valence-corrected chi connectivity index (χ4v) is 1.87. The fourth-order valence-electron chi connectivity index (χ4n) is 1.87. The lowest BCUT2D eigenvalue weighted by atomic mass is 9.74. The van der Waals surface area contributed by atoms with E-state index in [0.717, 1.165) is 0 Å². The Morgan fingerprint density at radius 2 is 1.76 bits per heavy atom. The van der Waals surface area contributed by atoms with E-state index in [1.54, 1.807) is 31.3 Å². The second-order valence-corrected chi connectivity index (χ2v) is 4.70. The summed E-state index contributed by atoms with van der Waals surface area (Å²) in [6.45, 7) is 3.83. The predicted molar refractivity (Wildman–Crippen MR) is 75.6 cm³/mol. The third-order valence-corrected chi connectivity index (χ3v) is 2.94. The van der Waals surface area contributed by atoms with Crippen LogP contribution in [-0.2, 0) is 18.9 Å². The number of likely N-dealkylation sites (N-methyl/N-ethyl adjacent to an activating group) is 1. The summed E-state index contributed by atoms with van der Waals surface area (Å²) in [7, 11) is 0.477. The Bertz CT molecular complexity index is 601. The van der Waals surface area contributed by atoms with Gasteiger partial charge in [0.1, 0.15) is 0 Å². The number of carbonyl (C=O) groups excluding carboxylic acids is 2. The lowest BCUT2D eigenvalue weighted by Crippen LogP contribution is -2.42. The molecule has 7 heteroatoms. The Morgan fingerprint density at radius 1 is 1.24 bits per heavy atom. The van der Waals surface area contributed by atoms with Crippen molar-refractivity contribution in [3.8, 4) is 6.07 Å². The average Bonchev–Trinajstić information content (AvgIpc) is 2.44. The number of carbonyl (C=O) groups is 2. The number of nitrogens with zero attached hydrogens (tertiary/aromatic N) is 2. The Kier molecular flexibility index (Phi) is 4.41. The molecule has 1 fully saturated rings. The molecule has 0 saturated carbocycles. The van der Waals surface area contributed by atoms with Gasteiger partial charge in [0.05, 0.1) is 24.7 Å². The van der Waals surface area contributed by atoms with E-state index in [1.807, 2.05) is 6.07 Å². The molecule has 1 aliphatic heterocycles. The Labute approximate surface area is 122 Å². The number of nitriles is 1. The van der Waals surface area contributed by atoms with Gasteiger partial charge in [-0.25, -0.2) is 0 Å². The third kappa shape index (κ3) is 3.71. The monoisotopic (exact) mass is 284 g/mol. The number of hydrogen-bond acceptors (Lipinski definition) is 6. The highest BCUT2D eigenvalue weighted by atomic mass is 16.6. The van der Waals surface area contributed by atoms with E-state index in [4.69, 9.17) is 14.6 Å². The van der Waals surface area contributed by atoms with Gasteiger partial charge in [0.2, 0.25) is 0 Å². The SMILES string of the molecule is C=C(B1OC(=O)CN(C)CC(=O)O1)c1ccc(C#N)cc1. The van der Waals surface area contributed by atoms with Crippen LogP contribution < -0.4 is 0 Å². The van der Waals surface area contributed by atoms with Gasteiger partial charge in [0.25, 0.3) is 0 Å². The molecule has 106 valence electrons. The molecule has 21 heavy (non-hydrogen) atoms. The molecule has 1 saturated heterocycles. The first-order valence-corrected chi connectivity index (χ1v) is 6.26. The molecule has 0 aliphatic carbocycles. The topological polar surface area (TPSA) is 79.6 Å². The largest absolute Gasteiger partial charge is 0.636 e. The first kappa shape index (κ1) is 14.8. The minimum Gasteiger partial charge on any atom is -0.494 e. The van der Waals surface area contributed by atoms with Gasteiger partial charge in [-0.3, -0.25) is 14.5 Å². The van der Waals surface area contributed by atoms with Crippen molar-refractivity contribution in [3.05, 3.63) is 42.0 Å². The molecule has 2 rings (SSSR count). The average molecular weight is 284 g/mol. The number of benzene rings is 1. The Hall–Kier alpha value is -2.59. The smallest absolute Gasteiger partial charge is 0.494 e. The maximum absolute atomic E-state index is 11.7. The van der Waals surface area contributed by atoms with Crippen LogP contribution >= 0.6 is 0 Å². The summed E-state index contributed by atoms with van der Waals surface area (Å²) < 4.78 is 10.2. The molecule has 6 nitrogen and oxygen atoms in total. The van der Waals surface area contributed by atoms with Crippen molar-refractivity contribution in [2.45, 2.75) is 0 Å². The molecule has 0 N–H and O–H groups in total. The molecule has 1 aliphatic rings. The quantitative estimate of drug-likeness (QED) is 0.741. The summed E-state index contributed by atoms with van der Waals surface area (Å²) in [6, 6.07) is 8.55. The summed E-state index contributed by atoms with van der Waals surface area (Å²) in [4.78, 5) is 24.8. The molecule has 0 atom stereocenters. The van der Waals surface area contributed by atoms with Crippen molar-refractivity contribution in [1.82, 2.24) is 4.90 Å². The highest BCUT2D eigenvalue weighted by molar-refractivity contribution is 6.70. The fraction of sp³-hybridized carbons (Fsp3) is 0.214. The van der Waals surface area contributed by atoms with Crippen LogP contribution in [0.15, 0.2) is 30.8 Å². The summed E-state index contributed by atoms with van der Waals surface area (Å²) in [5.74, 6) is -0.991. The van der Waals surface area contributed by atoms with Crippen molar-refractivity contribution in [2.75, 3.05) is 20.1 Å². The molecule has 1 heterocycles. The van der Waals surface area contributed by atoms with Gasteiger partial charge >= 0.3 is 19.1 Å². The van der Waals surface area contributed by atoms with Crippen LogP contribution in [-0.4, -0.2) is 44.1 Å². The Balaban J connectivity index is 2.17. The predicted octanol–water partition coefficient (Wildman–Crippen LogP) is 0.631. The van der Waals surface area contributed by atoms with E-state index in [2.05, 4.69) is 6.58 Å². The molecular weight excluding hydrogens is 271 g/mol. The molecular formula is C14H13BN2O4. The van der Waals surface area contributed by atoms with E-state index >= 15 is 0 Å². The van der Waals surface area contributed by atoms with Crippen LogP contribution in [0.3, 0.4) is 0 Å². The van der Waals surface area contributed by atoms with Crippen LogP contribution in [0.1, 0.15) is 11.1 Å². The van der Waals surface area contributed by atoms with Crippen LogP contribution in [0.2, 0.25) is 0 Å². The zero-order valence-corrected chi connectivity index (χ0v) is 11.5. The van der Waals surface area contributed by atoms with Gasteiger partial charge in [-0.2, -0.15) is 5.26 Å². The number of rotatable bonds is 2. The van der Waals surface area contributed by atoms with E-state index < -0.39 is 19.1 Å². The van der Waals surface area contributed by atoms with Gasteiger partial charge in [-0.05, 0) is 24.7 Å². The second-order valence-electron chi connectivity index (χ2n) is 4.70. The van der Waals surface area contributed by atoms with E-state index in [1.165, 1.54) is 4.90 Å². The molecule has 1 aromatic rings. The molecule has 0 radical (unpaired) electrons. The van der Waals surface area contributed by atoms with Crippen molar-refractivity contribution in [3.63, 3.8) is 0 Å². The molecule has 0 bridgehead atoms. The van der Waals surface area contributed by atoms with Crippen LogP contribution in [0.5, 0.6) is 0 Å². The number of hydrogen-bond donors (Lipinski definition) is 0. The lowest BCUT2D eigenvalue weighted by Gasteiger charge is -2.23. The minimum atomic E-state index is -1.15. The highest BCUT2D eigenvalue weighted by Crippen LogP contribution is 2.19. The van der Waals surface area contributed by atoms with Crippen molar-refractivity contribution in [2.24, 2.45) is 0 Å². The molecule has 0 spiro atoms. The van der Waals surface area contributed by atoms with Crippen LogP contribution in [0, 0.1) is 11.3 Å². The van der Waals surface area contributed by atoms with Gasteiger partial charge < -0.3 is 9.31 Å². The van der Waals surface area contributed by atoms with Crippen molar-refractivity contribution >= 4 is 24.5 Å². The van der Waals surface area contributed by atoms with E-state index in [0.29, 0.717) is 16.6 Å². The third-order valence-electron chi connectivity index (χ3n) is 2.94. The zero-order valence-electron chi connectivity index (χ0n) is 11.5. The Morgan fingerprint density at radius 3 is 2.24 bits per heavy atom. The molecule has 0 amide bonds. The summed E-state index contributed by atoms with van der Waals surface area (Å²) in [5, 5.41) is 8.76. The van der Waals surface area contributed by atoms with Crippen molar-refractivity contribution < 1.29 is 18.9 Å². The molecule has 0 aromatic heterocycles. The summed E-state index contributed by atoms with van der Waals surface area (Å²) in [5.41, 5.74) is 1.49. The van der Waals surface area contributed by atoms with Crippen LogP contribution in [0.25, 0.3) is 5.47 Å². The lowest BCUT2D eigenvalue weighted by molar-refractivity contribution is -0.145. The first-order chi connectivity index (χ1) is 9.99. The van der Waals surface area contributed by atoms with Crippen LogP contribution in [0.4, 0.5) is 0 Å². The van der Waals surface area contributed by atoms with Gasteiger partial charge in [-0.15, -0.1) is 0 Å². The van der Waals surface area contributed by atoms with Gasteiger partial charge in [0, 0.05) is 5.47 Å². The molecule has 1 aromatic carbocycles. The highest BCUT2D eigenvalue weighted by Gasteiger charge is 2.35. The van der Waals surface area contributed by atoms with E-state index in [-0.39, 0.29) is 13.1 Å².